The van der Waals surface area contributed by atoms with Crippen LogP contribution in [-0.2, 0) is 19.4 Å². The van der Waals surface area contributed by atoms with Crippen LogP contribution in [0, 0.1) is 5.41 Å². The molecule has 3 heteroatoms. The highest BCUT2D eigenvalue weighted by molar-refractivity contribution is 5.14. The molecular weight excluding hydrogens is 234 g/mol. The zero-order valence-electron chi connectivity index (χ0n) is 13.0. The molecule has 0 aliphatic heterocycles. The number of nitrogens with zero attached hydrogens (tertiary/aromatic N) is 2. The molecule has 1 atom stereocenters. The lowest BCUT2D eigenvalue weighted by Crippen LogP contribution is -2.33. The molecule has 0 radical (unpaired) electrons. The van der Waals surface area contributed by atoms with E-state index in [2.05, 4.69) is 61.5 Å². The molecular formula is C16H29N3. The monoisotopic (exact) mass is 263 g/mol. The van der Waals surface area contributed by atoms with E-state index in [-0.39, 0.29) is 5.41 Å². The van der Waals surface area contributed by atoms with Crippen LogP contribution >= 0.6 is 0 Å². The first-order chi connectivity index (χ1) is 9.08. The topological polar surface area (TPSA) is 29.9 Å². The van der Waals surface area contributed by atoms with E-state index in [1.807, 2.05) is 0 Å². The Hall–Kier alpha value is -1.09. The van der Waals surface area contributed by atoms with Gasteiger partial charge in [-0.3, -0.25) is 4.68 Å². The van der Waals surface area contributed by atoms with Gasteiger partial charge in [-0.25, -0.2) is 0 Å². The van der Waals surface area contributed by atoms with Crippen LogP contribution in [0.2, 0.25) is 0 Å². The van der Waals surface area contributed by atoms with Gasteiger partial charge in [0.15, 0.2) is 0 Å². The average molecular weight is 263 g/mol. The van der Waals surface area contributed by atoms with Gasteiger partial charge in [-0.2, -0.15) is 5.10 Å². The molecule has 1 heterocycles. The highest BCUT2D eigenvalue weighted by Gasteiger charge is 2.22. The van der Waals surface area contributed by atoms with Crippen molar-refractivity contribution >= 4 is 0 Å². The first-order valence-electron chi connectivity index (χ1n) is 7.48. The fourth-order valence-corrected chi connectivity index (χ4v) is 2.28. The minimum absolute atomic E-state index is 0.0904. The van der Waals surface area contributed by atoms with Gasteiger partial charge in [0.2, 0.25) is 0 Å². The Morgan fingerprint density at radius 2 is 2.16 bits per heavy atom. The predicted molar refractivity (Wildman–Crippen MR) is 82.4 cm³/mol. The average Bonchev–Trinajstić information content (AvgIpc) is 2.81. The lowest BCUT2D eigenvalue weighted by molar-refractivity contribution is 0.378. The van der Waals surface area contributed by atoms with E-state index in [1.165, 1.54) is 17.8 Å². The minimum atomic E-state index is 0.0904. The molecule has 0 amide bonds. The van der Waals surface area contributed by atoms with Crippen LogP contribution in [0.5, 0.6) is 0 Å². The molecule has 108 valence electrons. The lowest BCUT2D eigenvalue weighted by atomic mass is 9.85. The first-order valence-corrected chi connectivity index (χ1v) is 7.48. The number of rotatable bonds is 9. The van der Waals surface area contributed by atoms with Gasteiger partial charge < -0.3 is 5.32 Å². The van der Waals surface area contributed by atoms with E-state index in [1.54, 1.807) is 0 Å². The lowest BCUT2D eigenvalue weighted by Gasteiger charge is -2.26. The molecule has 0 bridgehead atoms. The third kappa shape index (κ3) is 4.50. The van der Waals surface area contributed by atoms with Crippen molar-refractivity contribution < 1.29 is 0 Å². The summed E-state index contributed by atoms with van der Waals surface area (Å²) in [7, 11) is 0. The summed E-state index contributed by atoms with van der Waals surface area (Å²) >= 11 is 0. The summed E-state index contributed by atoms with van der Waals surface area (Å²) in [4.78, 5) is 0. The van der Waals surface area contributed by atoms with Crippen LogP contribution < -0.4 is 5.32 Å². The van der Waals surface area contributed by atoms with E-state index in [9.17, 15) is 0 Å². The van der Waals surface area contributed by atoms with Crippen molar-refractivity contribution in [2.45, 2.75) is 53.5 Å². The normalized spacial score (nSPS) is 14.3. The largest absolute Gasteiger partial charge is 0.316 e. The second-order valence-electron chi connectivity index (χ2n) is 5.51. The van der Waals surface area contributed by atoms with E-state index in [0.717, 1.165) is 32.5 Å². The van der Waals surface area contributed by atoms with E-state index in [4.69, 9.17) is 0 Å². The maximum absolute atomic E-state index is 4.62. The Balaban J connectivity index is 2.78. The molecule has 0 aromatic carbocycles. The van der Waals surface area contributed by atoms with Crippen LogP contribution in [0.25, 0.3) is 0 Å². The number of hydrogen-bond donors (Lipinski definition) is 1. The third-order valence-corrected chi connectivity index (χ3v) is 3.61. The molecule has 1 unspecified atom stereocenters. The molecule has 0 aliphatic carbocycles. The van der Waals surface area contributed by atoms with Gasteiger partial charge in [0.1, 0.15) is 0 Å². The quantitative estimate of drug-likeness (QED) is 0.548. The molecule has 1 aromatic heterocycles. The molecule has 1 rings (SSSR count). The Kier molecular flexibility index (Phi) is 6.29. The molecule has 0 saturated heterocycles. The number of aromatic nitrogens is 2. The van der Waals surface area contributed by atoms with Gasteiger partial charge in [0.25, 0.3) is 0 Å². The third-order valence-electron chi connectivity index (χ3n) is 3.61. The Bertz CT molecular complexity index is 395. The molecule has 0 spiro atoms. The van der Waals surface area contributed by atoms with Gasteiger partial charge in [0.05, 0.1) is 5.69 Å². The van der Waals surface area contributed by atoms with Crippen LogP contribution in [-0.4, -0.2) is 22.9 Å². The summed E-state index contributed by atoms with van der Waals surface area (Å²) < 4.78 is 2.13. The van der Waals surface area contributed by atoms with Crippen molar-refractivity contribution in [2.24, 2.45) is 5.41 Å². The van der Waals surface area contributed by atoms with E-state index < -0.39 is 0 Å². The van der Waals surface area contributed by atoms with Crippen LogP contribution in [0.4, 0.5) is 0 Å². The summed E-state index contributed by atoms with van der Waals surface area (Å²) in [5.41, 5.74) is 2.59. The molecule has 0 fully saturated rings. The Morgan fingerprint density at radius 1 is 1.42 bits per heavy atom. The Labute approximate surface area is 118 Å². The van der Waals surface area contributed by atoms with Gasteiger partial charge in [-0.15, -0.1) is 6.58 Å². The fraction of sp³-hybridized carbons (Fsp3) is 0.688. The van der Waals surface area contributed by atoms with Crippen molar-refractivity contribution in [1.82, 2.24) is 15.1 Å². The zero-order chi connectivity index (χ0) is 14.3. The molecule has 0 saturated carbocycles. The summed E-state index contributed by atoms with van der Waals surface area (Å²) in [6, 6.07) is 2.24. The maximum atomic E-state index is 4.62. The predicted octanol–water partition coefficient (Wildman–Crippen LogP) is 3.20. The van der Waals surface area contributed by atoms with Gasteiger partial charge in [-0.05, 0) is 38.8 Å². The Morgan fingerprint density at radius 3 is 2.68 bits per heavy atom. The molecule has 1 aromatic rings. The van der Waals surface area contributed by atoms with Crippen molar-refractivity contribution in [3.05, 3.63) is 30.1 Å². The second-order valence-corrected chi connectivity index (χ2v) is 5.51. The molecule has 19 heavy (non-hydrogen) atoms. The maximum Gasteiger partial charge on any atom is 0.0624 e. The van der Waals surface area contributed by atoms with Crippen molar-refractivity contribution in [3.8, 4) is 0 Å². The number of aryl methyl sites for hydroxylation is 2. The fourth-order valence-electron chi connectivity index (χ4n) is 2.28. The van der Waals surface area contributed by atoms with Crippen LogP contribution in [0.1, 0.15) is 45.5 Å². The van der Waals surface area contributed by atoms with Crippen LogP contribution in [0.3, 0.4) is 0 Å². The summed E-state index contributed by atoms with van der Waals surface area (Å²) in [6.07, 6.45) is 5.24. The number of nitrogens with one attached hydrogen (secondary N) is 1. The van der Waals surface area contributed by atoms with E-state index in [0.29, 0.717) is 0 Å². The molecule has 1 N–H and O–H groups in total. The van der Waals surface area contributed by atoms with Gasteiger partial charge in [0, 0.05) is 24.2 Å². The SMILES string of the molecule is C=CC(C)(CNCCC)Cc1cc(CC)nn1CC. The standard InChI is InChI=1S/C16H29N3/c1-6-10-17-13-16(5,8-3)12-15-11-14(7-2)18-19(15)9-4/h8,11,17H,3,6-7,9-10,12-13H2,1-2,4-5H3. The van der Waals surface area contributed by atoms with Crippen molar-refractivity contribution in [3.63, 3.8) is 0 Å². The van der Waals surface area contributed by atoms with E-state index >= 15 is 0 Å². The van der Waals surface area contributed by atoms with Gasteiger partial charge >= 0.3 is 0 Å². The zero-order valence-corrected chi connectivity index (χ0v) is 13.0. The number of hydrogen-bond acceptors (Lipinski definition) is 2. The first kappa shape index (κ1) is 16.0. The minimum Gasteiger partial charge on any atom is -0.316 e. The van der Waals surface area contributed by atoms with Crippen molar-refractivity contribution in [1.29, 1.82) is 0 Å². The summed E-state index contributed by atoms with van der Waals surface area (Å²) in [6.45, 7) is 15.8. The van der Waals surface area contributed by atoms with Gasteiger partial charge in [-0.1, -0.05) is 26.8 Å². The second kappa shape index (κ2) is 7.49. The van der Waals surface area contributed by atoms with Crippen molar-refractivity contribution in [2.75, 3.05) is 13.1 Å². The highest BCUT2D eigenvalue weighted by Crippen LogP contribution is 2.24. The smallest absolute Gasteiger partial charge is 0.0624 e. The highest BCUT2D eigenvalue weighted by atomic mass is 15.3. The summed E-state index contributed by atoms with van der Waals surface area (Å²) in [5.74, 6) is 0. The molecule has 0 aliphatic rings. The van der Waals surface area contributed by atoms with Crippen LogP contribution in [0.15, 0.2) is 18.7 Å². The summed E-state index contributed by atoms with van der Waals surface area (Å²) in [5, 5.41) is 8.13. The molecule has 3 nitrogen and oxygen atoms in total.